The smallest absolute Gasteiger partial charge is 0.258 e. The molecule has 0 unspecified atom stereocenters. The maximum Gasteiger partial charge on any atom is 0.258 e. The Kier molecular flexibility index (Phi) is 4.12. The van der Waals surface area contributed by atoms with E-state index in [9.17, 15) is 13.2 Å². The minimum absolute atomic E-state index is 0.142. The molecule has 0 atom stereocenters. The summed E-state index contributed by atoms with van der Waals surface area (Å²) in [5.74, 6) is -3.26. The van der Waals surface area contributed by atoms with Crippen molar-refractivity contribution in [1.29, 1.82) is 0 Å². The van der Waals surface area contributed by atoms with Crippen molar-refractivity contribution < 1.29 is 17.9 Å². The first-order valence-electron chi connectivity index (χ1n) is 6.05. The Morgan fingerprint density at radius 3 is 2.55 bits per heavy atom. The fourth-order valence-electron chi connectivity index (χ4n) is 1.61. The number of nitrogens with one attached hydrogen (secondary N) is 1. The third-order valence-corrected chi connectivity index (χ3v) is 2.53. The monoisotopic (exact) mass is 282 g/mol. The van der Waals surface area contributed by atoms with E-state index in [4.69, 9.17) is 4.74 Å². The molecule has 0 radical (unpaired) electrons. The van der Waals surface area contributed by atoms with Crippen LogP contribution in [0.1, 0.15) is 12.5 Å². The van der Waals surface area contributed by atoms with Crippen LogP contribution in [0.2, 0.25) is 0 Å². The van der Waals surface area contributed by atoms with Gasteiger partial charge in [-0.15, -0.1) is 0 Å². The van der Waals surface area contributed by atoms with Crippen LogP contribution in [0.4, 0.5) is 19.0 Å². The van der Waals surface area contributed by atoms with Gasteiger partial charge in [0.2, 0.25) is 0 Å². The largest absolute Gasteiger partial charge is 0.433 e. The molecule has 3 nitrogen and oxygen atoms in total. The van der Waals surface area contributed by atoms with E-state index < -0.39 is 23.3 Å². The van der Waals surface area contributed by atoms with Crippen LogP contribution in [-0.4, -0.2) is 11.5 Å². The molecule has 1 N–H and O–H groups in total. The standard InChI is InChI=1S/C14H13F3N2O/c1-3-18-13-10(16)7-11(17)14(19-13)20-12-6-8(2)4-5-9(12)15/h4-7H,3H2,1-2H3,(H,18,19). The maximum absolute atomic E-state index is 13.6. The maximum atomic E-state index is 13.6. The van der Waals surface area contributed by atoms with Gasteiger partial charge >= 0.3 is 0 Å². The highest BCUT2D eigenvalue weighted by Gasteiger charge is 2.15. The number of nitrogens with zero attached hydrogens (tertiary/aromatic N) is 1. The van der Waals surface area contributed by atoms with E-state index in [2.05, 4.69) is 10.3 Å². The average Bonchev–Trinajstić information content (AvgIpc) is 2.39. The molecule has 20 heavy (non-hydrogen) atoms. The molecule has 0 aliphatic carbocycles. The normalized spacial score (nSPS) is 10.4. The summed E-state index contributed by atoms with van der Waals surface area (Å²) in [6.07, 6.45) is 0. The molecule has 0 bridgehead atoms. The van der Waals surface area contributed by atoms with Crippen molar-refractivity contribution in [3.63, 3.8) is 0 Å². The van der Waals surface area contributed by atoms with Gasteiger partial charge in [-0.2, -0.15) is 4.98 Å². The van der Waals surface area contributed by atoms with Crippen LogP contribution >= 0.6 is 0 Å². The highest BCUT2D eigenvalue weighted by Crippen LogP contribution is 2.28. The molecule has 0 spiro atoms. The summed E-state index contributed by atoms with van der Waals surface area (Å²) < 4.78 is 45.7. The van der Waals surface area contributed by atoms with Gasteiger partial charge in [-0.25, -0.2) is 13.2 Å². The molecule has 1 aromatic carbocycles. The second-order valence-corrected chi connectivity index (χ2v) is 4.17. The van der Waals surface area contributed by atoms with E-state index in [1.165, 1.54) is 12.1 Å². The van der Waals surface area contributed by atoms with Crippen LogP contribution in [-0.2, 0) is 0 Å². The van der Waals surface area contributed by atoms with Gasteiger partial charge in [-0.1, -0.05) is 6.07 Å². The first-order valence-corrected chi connectivity index (χ1v) is 6.05. The Labute approximate surface area is 114 Å². The molecule has 106 valence electrons. The van der Waals surface area contributed by atoms with Gasteiger partial charge in [0.15, 0.2) is 29.0 Å². The Bertz CT molecular complexity index is 632. The SMILES string of the molecule is CCNc1nc(Oc2cc(C)ccc2F)c(F)cc1F. The molecule has 0 saturated carbocycles. The summed E-state index contributed by atoms with van der Waals surface area (Å²) in [6, 6.07) is 4.82. The van der Waals surface area contributed by atoms with E-state index in [0.717, 1.165) is 5.56 Å². The minimum atomic E-state index is -0.995. The quantitative estimate of drug-likeness (QED) is 0.919. The van der Waals surface area contributed by atoms with Crippen molar-refractivity contribution in [3.8, 4) is 11.6 Å². The van der Waals surface area contributed by atoms with Crippen molar-refractivity contribution in [2.24, 2.45) is 0 Å². The van der Waals surface area contributed by atoms with Crippen molar-refractivity contribution >= 4 is 5.82 Å². The Hall–Kier alpha value is -2.24. The van der Waals surface area contributed by atoms with Crippen LogP contribution in [0.25, 0.3) is 0 Å². The molecular weight excluding hydrogens is 269 g/mol. The Balaban J connectivity index is 2.37. The Morgan fingerprint density at radius 1 is 1.10 bits per heavy atom. The van der Waals surface area contributed by atoms with Gasteiger partial charge in [-0.3, -0.25) is 0 Å². The number of halogens is 3. The number of benzene rings is 1. The fourth-order valence-corrected chi connectivity index (χ4v) is 1.61. The average molecular weight is 282 g/mol. The predicted octanol–water partition coefficient (Wildman–Crippen LogP) is 4.03. The van der Waals surface area contributed by atoms with Crippen LogP contribution in [0.3, 0.4) is 0 Å². The van der Waals surface area contributed by atoms with Crippen LogP contribution in [0, 0.1) is 24.4 Å². The third-order valence-electron chi connectivity index (χ3n) is 2.53. The van der Waals surface area contributed by atoms with Gasteiger partial charge in [0.1, 0.15) is 0 Å². The summed E-state index contributed by atoms with van der Waals surface area (Å²) in [5.41, 5.74) is 0.746. The summed E-state index contributed by atoms with van der Waals surface area (Å²) in [5, 5.41) is 2.63. The van der Waals surface area contributed by atoms with Crippen molar-refractivity contribution in [3.05, 3.63) is 47.3 Å². The highest BCUT2D eigenvalue weighted by molar-refractivity contribution is 5.41. The van der Waals surface area contributed by atoms with Gasteiger partial charge in [0, 0.05) is 12.6 Å². The van der Waals surface area contributed by atoms with E-state index in [0.29, 0.717) is 12.6 Å². The second kappa shape index (κ2) is 5.81. The van der Waals surface area contributed by atoms with Gasteiger partial charge < -0.3 is 10.1 Å². The topological polar surface area (TPSA) is 34.2 Å². The lowest BCUT2D eigenvalue weighted by Gasteiger charge is -2.10. The van der Waals surface area contributed by atoms with E-state index in [1.54, 1.807) is 19.9 Å². The van der Waals surface area contributed by atoms with Crippen LogP contribution in [0.5, 0.6) is 11.6 Å². The number of aryl methyl sites for hydroxylation is 1. The molecule has 0 amide bonds. The third kappa shape index (κ3) is 3.01. The minimum Gasteiger partial charge on any atom is -0.433 e. The molecular formula is C14H13F3N2O. The van der Waals surface area contributed by atoms with Gasteiger partial charge in [0.05, 0.1) is 0 Å². The fraction of sp³-hybridized carbons (Fsp3) is 0.214. The zero-order valence-corrected chi connectivity index (χ0v) is 11.0. The van der Waals surface area contributed by atoms with Crippen molar-refractivity contribution in [2.45, 2.75) is 13.8 Å². The zero-order valence-electron chi connectivity index (χ0n) is 11.0. The highest BCUT2D eigenvalue weighted by atomic mass is 19.1. The molecule has 0 fully saturated rings. The van der Waals surface area contributed by atoms with E-state index in [1.807, 2.05) is 0 Å². The summed E-state index contributed by atoms with van der Waals surface area (Å²) in [4.78, 5) is 3.68. The Morgan fingerprint density at radius 2 is 1.85 bits per heavy atom. The lowest BCUT2D eigenvalue weighted by Crippen LogP contribution is -2.05. The number of anilines is 1. The molecule has 0 aliphatic rings. The molecule has 1 heterocycles. The summed E-state index contributed by atoms with van der Waals surface area (Å²) >= 11 is 0. The number of ether oxygens (including phenoxy) is 1. The van der Waals surface area contributed by atoms with Crippen molar-refractivity contribution in [2.75, 3.05) is 11.9 Å². The lowest BCUT2D eigenvalue weighted by atomic mass is 10.2. The summed E-state index contributed by atoms with van der Waals surface area (Å²) in [6.45, 7) is 3.89. The molecule has 0 aliphatic heterocycles. The van der Waals surface area contributed by atoms with E-state index in [-0.39, 0.29) is 11.6 Å². The predicted molar refractivity (Wildman–Crippen MR) is 69.5 cm³/mol. The lowest BCUT2D eigenvalue weighted by molar-refractivity contribution is 0.395. The molecule has 2 rings (SSSR count). The van der Waals surface area contributed by atoms with Crippen LogP contribution < -0.4 is 10.1 Å². The van der Waals surface area contributed by atoms with Gasteiger partial charge in [-0.05, 0) is 31.5 Å². The first kappa shape index (κ1) is 14.2. The van der Waals surface area contributed by atoms with Crippen LogP contribution in [0.15, 0.2) is 24.3 Å². The number of hydrogen-bond acceptors (Lipinski definition) is 3. The zero-order chi connectivity index (χ0) is 14.7. The molecule has 0 saturated heterocycles. The second-order valence-electron chi connectivity index (χ2n) is 4.17. The van der Waals surface area contributed by atoms with E-state index >= 15 is 0 Å². The number of hydrogen-bond donors (Lipinski definition) is 1. The molecule has 1 aromatic heterocycles. The summed E-state index contributed by atoms with van der Waals surface area (Å²) in [7, 11) is 0. The number of rotatable bonds is 4. The van der Waals surface area contributed by atoms with Gasteiger partial charge in [0.25, 0.3) is 5.88 Å². The number of pyridine rings is 1. The number of aromatic nitrogens is 1. The molecule has 2 aromatic rings. The first-order chi connectivity index (χ1) is 9.51. The molecule has 6 heteroatoms. The van der Waals surface area contributed by atoms with Crippen molar-refractivity contribution in [1.82, 2.24) is 4.98 Å².